The van der Waals surface area contributed by atoms with E-state index >= 15 is 0 Å². The Balaban J connectivity index is 2.36. The van der Waals surface area contributed by atoms with Crippen molar-refractivity contribution in [3.8, 4) is 0 Å². The molecule has 0 aliphatic carbocycles. The molecule has 0 saturated heterocycles. The van der Waals surface area contributed by atoms with Crippen molar-refractivity contribution < 1.29 is 0 Å². The van der Waals surface area contributed by atoms with Gasteiger partial charge in [-0.1, -0.05) is 45.2 Å². The van der Waals surface area contributed by atoms with Crippen LogP contribution in [0.1, 0.15) is 5.56 Å². The summed E-state index contributed by atoms with van der Waals surface area (Å²) < 4.78 is 0.989. The third-order valence-corrected chi connectivity index (χ3v) is 3.49. The molecule has 0 heterocycles. The first kappa shape index (κ1) is 12.5. The second-order valence-corrected chi connectivity index (χ2v) is 5.31. The van der Waals surface area contributed by atoms with Crippen LogP contribution in [-0.2, 0) is 0 Å². The first-order valence-electron chi connectivity index (χ1n) is 5.33. The van der Waals surface area contributed by atoms with Gasteiger partial charge in [0.1, 0.15) is 0 Å². The topological polar surface area (TPSA) is 3.24 Å². The summed E-state index contributed by atoms with van der Waals surface area (Å²) in [5.74, 6) is 0. The van der Waals surface area contributed by atoms with Crippen LogP contribution in [0.3, 0.4) is 0 Å². The molecule has 0 unspecified atom stereocenters. The van der Waals surface area contributed by atoms with Gasteiger partial charge in [-0.3, -0.25) is 0 Å². The summed E-state index contributed by atoms with van der Waals surface area (Å²) in [4.78, 5) is 2.08. The van der Waals surface area contributed by atoms with E-state index in [2.05, 4.69) is 52.0 Å². The highest BCUT2D eigenvalue weighted by molar-refractivity contribution is 9.10. The van der Waals surface area contributed by atoms with E-state index in [0.29, 0.717) is 0 Å². The van der Waals surface area contributed by atoms with Crippen LogP contribution in [0.5, 0.6) is 0 Å². The third-order valence-electron chi connectivity index (χ3n) is 2.69. The molecule has 0 amide bonds. The lowest BCUT2D eigenvalue weighted by atomic mass is 10.2. The van der Waals surface area contributed by atoms with Crippen LogP contribution in [0, 0.1) is 6.92 Å². The molecule has 1 nitrogen and oxygen atoms in total. The number of hydrogen-bond donors (Lipinski definition) is 0. The van der Waals surface area contributed by atoms with Gasteiger partial charge < -0.3 is 4.90 Å². The van der Waals surface area contributed by atoms with Crippen LogP contribution in [0.15, 0.2) is 46.9 Å². The summed E-state index contributed by atoms with van der Waals surface area (Å²) in [5.41, 5.74) is 3.38. The fourth-order valence-electron chi connectivity index (χ4n) is 1.66. The van der Waals surface area contributed by atoms with Crippen molar-refractivity contribution in [3.63, 3.8) is 0 Å². The molecule has 2 aromatic carbocycles. The van der Waals surface area contributed by atoms with Gasteiger partial charge in [-0.05, 0) is 37.3 Å². The summed E-state index contributed by atoms with van der Waals surface area (Å²) in [5, 5.41) is 0.738. The number of benzene rings is 2. The van der Waals surface area contributed by atoms with Crippen molar-refractivity contribution in [2.45, 2.75) is 6.92 Å². The number of halogens is 2. The molecule has 0 aromatic heterocycles. The van der Waals surface area contributed by atoms with Gasteiger partial charge in [-0.2, -0.15) is 0 Å². The average Bonchev–Trinajstić information content (AvgIpc) is 2.29. The Labute approximate surface area is 115 Å². The third kappa shape index (κ3) is 2.82. The Morgan fingerprint density at radius 1 is 1.06 bits per heavy atom. The first-order valence-corrected chi connectivity index (χ1v) is 6.50. The monoisotopic (exact) mass is 309 g/mol. The van der Waals surface area contributed by atoms with Gasteiger partial charge in [0.25, 0.3) is 0 Å². The van der Waals surface area contributed by atoms with Crippen molar-refractivity contribution in [1.29, 1.82) is 0 Å². The van der Waals surface area contributed by atoms with Crippen molar-refractivity contribution >= 4 is 38.9 Å². The quantitative estimate of drug-likeness (QED) is 0.739. The maximum atomic E-state index is 6.23. The molecular weight excluding hydrogens is 298 g/mol. The molecule has 0 aliphatic rings. The number of rotatable bonds is 2. The summed E-state index contributed by atoms with van der Waals surface area (Å²) in [6.07, 6.45) is 0. The number of aryl methyl sites for hydroxylation is 1. The van der Waals surface area contributed by atoms with Gasteiger partial charge in [-0.25, -0.2) is 0 Å². The van der Waals surface area contributed by atoms with Crippen LogP contribution < -0.4 is 4.90 Å². The molecular formula is C14H13BrClN. The molecule has 0 spiro atoms. The molecule has 0 bridgehead atoms. The first-order chi connectivity index (χ1) is 8.08. The van der Waals surface area contributed by atoms with E-state index in [4.69, 9.17) is 11.6 Å². The van der Waals surface area contributed by atoms with E-state index in [-0.39, 0.29) is 0 Å². The van der Waals surface area contributed by atoms with Gasteiger partial charge in [0.05, 0.1) is 10.7 Å². The minimum atomic E-state index is 0.738. The predicted octanol–water partition coefficient (Wildman–Crippen LogP) is 5.18. The Morgan fingerprint density at radius 3 is 2.29 bits per heavy atom. The van der Waals surface area contributed by atoms with Gasteiger partial charge in [0.2, 0.25) is 0 Å². The zero-order chi connectivity index (χ0) is 12.4. The molecule has 2 aromatic rings. The van der Waals surface area contributed by atoms with Crippen LogP contribution in [0.4, 0.5) is 11.4 Å². The standard InChI is InChI=1S/C14H13BrClN/c1-10-3-6-12(7-4-10)17(2)14-8-5-11(15)9-13(14)16/h3-9H,1-2H3. The number of nitrogens with zero attached hydrogens (tertiary/aromatic N) is 1. The van der Waals surface area contributed by atoms with Crippen molar-refractivity contribution in [1.82, 2.24) is 0 Å². The molecule has 0 aliphatic heterocycles. The lowest BCUT2D eigenvalue weighted by Gasteiger charge is -2.21. The van der Waals surface area contributed by atoms with Crippen LogP contribution in [0.2, 0.25) is 5.02 Å². The van der Waals surface area contributed by atoms with Gasteiger partial charge in [0.15, 0.2) is 0 Å². The lowest BCUT2D eigenvalue weighted by molar-refractivity contribution is 1.20. The summed E-state index contributed by atoms with van der Waals surface area (Å²) in [6.45, 7) is 2.08. The molecule has 2 rings (SSSR count). The Kier molecular flexibility index (Phi) is 3.75. The highest BCUT2D eigenvalue weighted by Crippen LogP contribution is 2.32. The second-order valence-electron chi connectivity index (χ2n) is 3.99. The molecule has 0 N–H and O–H groups in total. The van der Waals surface area contributed by atoms with E-state index in [1.807, 2.05) is 25.2 Å². The lowest BCUT2D eigenvalue weighted by Crippen LogP contribution is -2.09. The molecule has 0 fully saturated rings. The predicted molar refractivity (Wildman–Crippen MR) is 78.4 cm³/mol. The second kappa shape index (κ2) is 5.11. The highest BCUT2D eigenvalue weighted by Gasteiger charge is 2.08. The van der Waals surface area contributed by atoms with E-state index in [1.54, 1.807) is 0 Å². The SMILES string of the molecule is Cc1ccc(N(C)c2ccc(Br)cc2Cl)cc1. The van der Waals surface area contributed by atoms with E-state index in [0.717, 1.165) is 20.9 Å². The van der Waals surface area contributed by atoms with E-state index < -0.39 is 0 Å². The molecule has 0 saturated carbocycles. The zero-order valence-corrected chi connectivity index (χ0v) is 12.1. The number of hydrogen-bond acceptors (Lipinski definition) is 1. The van der Waals surface area contributed by atoms with Crippen molar-refractivity contribution in [2.75, 3.05) is 11.9 Å². The molecule has 17 heavy (non-hydrogen) atoms. The Bertz CT molecular complexity index is 522. The fourth-order valence-corrected chi connectivity index (χ4v) is 2.46. The largest absolute Gasteiger partial charge is 0.343 e. The minimum Gasteiger partial charge on any atom is -0.343 e. The van der Waals surface area contributed by atoms with Crippen LogP contribution in [0.25, 0.3) is 0 Å². The maximum absolute atomic E-state index is 6.23. The van der Waals surface area contributed by atoms with Crippen molar-refractivity contribution in [3.05, 3.63) is 57.5 Å². The van der Waals surface area contributed by atoms with Crippen molar-refractivity contribution in [2.24, 2.45) is 0 Å². The summed E-state index contributed by atoms with van der Waals surface area (Å²) in [6, 6.07) is 14.3. The normalized spacial score (nSPS) is 10.4. The fraction of sp³-hybridized carbons (Fsp3) is 0.143. The van der Waals surface area contributed by atoms with Gasteiger partial charge in [0, 0.05) is 17.2 Å². The van der Waals surface area contributed by atoms with Crippen LogP contribution in [-0.4, -0.2) is 7.05 Å². The smallest absolute Gasteiger partial charge is 0.0654 e. The average molecular weight is 311 g/mol. The molecule has 3 heteroatoms. The highest BCUT2D eigenvalue weighted by atomic mass is 79.9. The maximum Gasteiger partial charge on any atom is 0.0654 e. The van der Waals surface area contributed by atoms with E-state index in [1.165, 1.54) is 5.56 Å². The number of anilines is 2. The summed E-state index contributed by atoms with van der Waals surface area (Å²) in [7, 11) is 2.01. The zero-order valence-electron chi connectivity index (χ0n) is 9.74. The summed E-state index contributed by atoms with van der Waals surface area (Å²) >= 11 is 9.64. The Morgan fingerprint density at radius 2 is 1.71 bits per heavy atom. The molecule has 88 valence electrons. The van der Waals surface area contributed by atoms with Crippen LogP contribution >= 0.6 is 27.5 Å². The molecule has 0 radical (unpaired) electrons. The van der Waals surface area contributed by atoms with Gasteiger partial charge >= 0.3 is 0 Å². The van der Waals surface area contributed by atoms with E-state index in [9.17, 15) is 0 Å². The Hall–Kier alpha value is -0.990. The molecule has 0 atom stereocenters. The van der Waals surface area contributed by atoms with Gasteiger partial charge in [-0.15, -0.1) is 0 Å². The minimum absolute atomic E-state index is 0.738.